The Morgan fingerprint density at radius 1 is 0.867 bits per heavy atom. The molecule has 5 heteroatoms. The third-order valence-corrected chi connectivity index (χ3v) is 5.68. The number of methoxy groups -OCH3 is 2. The number of pyridine rings is 1. The minimum atomic E-state index is -0.148. The summed E-state index contributed by atoms with van der Waals surface area (Å²) in [6.07, 6.45) is 5.01. The van der Waals surface area contributed by atoms with Gasteiger partial charge in [0.05, 0.1) is 26.7 Å². The van der Waals surface area contributed by atoms with Gasteiger partial charge in [0.2, 0.25) is 0 Å². The molecule has 2 heterocycles. The van der Waals surface area contributed by atoms with E-state index in [1.807, 2.05) is 30.3 Å². The fourth-order valence-electron chi connectivity index (χ4n) is 4.00. The molecule has 154 valence electrons. The largest absolute Gasteiger partial charge is 0.493 e. The van der Waals surface area contributed by atoms with Crippen molar-refractivity contribution in [2.75, 3.05) is 20.8 Å². The summed E-state index contributed by atoms with van der Waals surface area (Å²) in [6, 6.07) is 18.2. The quantitative estimate of drug-likeness (QED) is 0.549. The molecule has 0 bridgehead atoms. The van der Waals surface area contributed by atoms with E-state index in [1.54, 1.807) is 26.6 Å². The summed E-state index contributed by atoms with van der Waals surface area (Å²) in [4.78, 5) is 16.5. The Hall–Kier alpha value is -3.34. The second kappa shape index (κ2) is 8.99. The van der Waals surface area contributed by atoms with Gasteiger partial charge in [-0.25, -0.2) is 0 Å². The number of hydrogen-bond donors (Lipinski definition) is 0. The van der Waals surface area contributed by atoms with Crippen LogP contribution in [0, 0.1) is 11.8 Å². The monoisotopic (exact) mass is 403 g/mol. The van der Waals surface area contributed by atoms with E-state index in [0.717, 1.165) is 28.7 Å². The van der Waals surface area contributed by atoms with Crippen molar-refractivity contribution >= 4 is 5.97 Å². The fourth-order valence-corrected chi connectivity index (χ4v) is 4.00. The molecule has 1 saturated heterocycles. The van der Waals surface area contributed by atoms with Gasteiger partial charge in [-0.15, -0.1) is 0 Å². The van der Waals surface area contributed by atoms with Crippen LogP contribution in [0.1, 0.15) is 11.1 Å². The second-order valence-electron chi connectivity index (χ2n) is 7.53. The molecule has 0 radical (unpaired) electrons. The van der Waals surface area contributed by atoms with Gasteiger partial charge in [-0.1, -0.05) is 30.3 Å². The Morgan fingerprint density at radius 3 is 2.23 bits per heavy atom. The van der Waals surface area contributed by atoms with Crippen molar-refractivity contribution in [3.05, 3.63) is 78.1 Å². The molecule has 1 aliphatic rings. The summed E-state index contributed by atoms with van der Waals surface area (Å²) in [7, 11) is 3.25. The van der Waals surface area contributed by atoms with E-state index >= 15 is 0 Å². The zero-order chi connectivity index (χ0) is 20.9. The highest BCUT2D eigenvalue weighted by Gasteiger charge is 2.36. The topological polar surface area (TPSA) is 57.7 Å². The lowest BCUT2D eigenvalue weighted by Crippen LogP contribution is -2.20. The first-order valence-electron chi connectivity index (χ1n) is 10.0. The van der Waals surface area contributed by atoms with Crippen LogP contribution in [0.25, 0.3) is 11.1 Å². The van der Waals surface area contributed by atoms with E-state index < -0.39 is 0 Å². The van der Waals surface area contributed by atoms with E-state index in [9.17, 15) is 4.79 Å². The molecule has 3 aromatic rings. The first-order valence-corrected chi connectivity index (χ1v) is 10.0. The minimum absolute atomic E-state index is 0.112. The zero-order valence-corrected chi connectivity index (χ0v) is 17.2. The lowest BCUT2D eigenvalue weighted by Gasteiger charge is -2.17. The van der Waals surface area contributed by atoms with Crippen LogP contribution >= 0.6 is 0 Å². The predicted octanol–water partition coefficient (Wildman–Crippen LogP) is 4.34. The molecule has 2 aromatic carbocycles. The summed E-state index contributed by atoms with van der Waals surface area (Å²) in [6.45, 7) is 0.451. The van der Waals surface area contributed by atoms with Crippen molar-refractivity contribution < 1.29 is 19.0 Å². The molecule has 1 fully saturated rings. The smallest absolute Gasteiger partial charge is 0.309 e. The van der Waals surface area contributed by atoms with Crippen molar-refractivity contribution in [1.29, 1.82) is 0 Å². The Labute approximate surface area is 176 Å². The number of carbonyl (C=O) groups is 1. The first kappa shape index (κ1) is 20.0. The second-order valence-corrected chi connectivity index (χ2v) is 7.53. The minimum Gasteiger partial charge on any atom is -0.493 e. The van der Waals surface area contributed by atoms with E-state index in [0.29, 0.717) is 24.5 Å². The van der Waals surface area contributed by atoms with Crippen LogP contribution in [0.15, 0.2) is 67.0 Å². The summed E-state index contributed by atoms with van der Waals surface area (Å²) < 4.78 is 16.1. The molecule has 5 nitrogen and oxygen atoms in total. The molecule has 0 N–H and O–H groups in total. The summed E-state index contributed by atoms with van der Waals surface area (Å²) in [5.41, 5.74) is 4.50. The summed E-state index contributed by atoms with van der Waals surface area (Å²) in [5, 5.41) is 0. The SMILES string of the molecule is COc1ccc(CC2COC(=O)C2Cc2ccc(-c3ccncc3)cc2)cc1OC. The van der Waals surface area contributed by atoms with E-state index in [1.165, 1.54) is 0 Å². The molecule has 0 saturated carbocycles. The van der Waals surface area contributed by atoms with Crippen LogP contribution < -0.4 is 9.47 Å². The summed E-state index contributed by atoms with van der Waals surface area (Å²) >= 11 is 0. The van der Waals surface area contributed by atoms with Crippen LogP contribution in [-0.4, -0.2) is 31.8 Å². The van der Waals surface area contributed by atoms with E-state index in [-0.39, 0.29) is 17.8 Å². The maximum Gasteiger partial charge on any atom is 0.309 e. The van der Waals surface area contributed by atoms with Crippen LogP contribution in [0.2, 0.25) is 0 Å². The zero-order valence-electron chi connectivity index (χ0n) is 17.2. The predicted molar refractivity (Wildman–Crippen MR) is 115 cm³/mol. The standard InChI is InChI=1S/C25H25NO4/c1-28-23-8-5-18(15-24(23)29-2)13-21-16-30-25(27)22(21)14-17-3-6-19(7-4-17)20-9-11-26-12-10-20/h3-12,15,21-22H,13-14,16H2,1-2H3. The normalized spacial score (nSPS) is 18.1. The molecule has 0 spiro atoms. The van der Waals surface area contributed by atoms with Gasteiger partial charge in [-0.2, -0.15) is 0 Å². The Morgan fingerprint density at radius 2 is 1.53 bits per heavy atom. The third-order valence-electron chi connectivity index (χ3n) is 5.68. The number of benzene rings is 2. The molecule has 4 rings (SSSR count). The Balaban J connectivity index is 1.47. The van der Waals surface area contributed by atoms with Crippen molar-refractivity contribution in [3.8, 4) is 22.6 Å². The number of ether oxygens (including phenoxy) is 3. The molecule has 0 aliphatic carbocycles. The van der Waals surface area contributed by atoms with Crippen LogP contribution in [-0.2, 0) is 22.4 Å². The van der Waals surface area contributed by atoms with Crippen LogP contribution in [0.3, 0.4) is 0 Å². The third kappa shape index (κ3) is 4.30. The number of aromatic nitrogens is 1. The van der Waals surface area contributed by atoms with Crippen molar-refractivity contribution in [1.82, 2.24) is 4.98 Å². The van der Waals surface area contributed by atoms with Gasteiger partial charge < -0.3 is 14.2 Å². The molecular weight excluding hydrogens is 378 g/mol. The van der Waals surface area contributed by atoms with Gasteiger partial charge in [0.25, 0.3) is 0 Å². The molecule has 1 aromatic heterocycles. The Bertz CT molecular complexity index is 1000. The lowest BCUT2D eigenvalue weighted by atomic mass is 9.84. The lowest BCUT2D eigenvalue weighted by molar-refractivity contribution is -0.141. The maximum absolute atomic E-state index is 12.4. The maximum atomic E-state index is 12.4. The highest BCUT2D eigenvalue weighted by atomic mass is 16.5. The first-order chi connectivity index (χ1) is 14.7. The molecule has 1 aliphatic heterocycles. The Kier molecular flexibility index (Phi) is 5.98. The molecule has 0 amide bonds. The average molecular weight is 403 g/mol. The highest BCUT2D eigenvalue weighted by Crippen LogP contribution is 2.33. The van der Waals surface area contributed by atoms with Crippen molar-refractivity contribution in [3.63, 3.8) is 0 Å². The summed E-state index contributed by atoms with van der Waals surface area (Å²) in [5.74, 6) is 1.27. The highest BCUT2D eigenvalue weighted by molar-refractivity contribution is 5.75. The van der Waals surface area contributed by atoms with Crippen molar-refractivity contribution in [2.45, 2.75) is 12.8 Å². The van der Waals surface area contributed by atoms with E-state index in [2.05, 4.69) is 29.2 Å². The van der Waals surface area contributed by atoms with Gasteiger partial charge in [0, 0.05) is 18.3 Å². The number of esters is 1. The van der Waals surface area contributed by atoms with Gasteiger partial charge >= 0.3 is 5.97 Å². The van der Waals surface area contributed by atoms with Gasteiger partial charge in [0.1, 0.15) is 0 Å². The molecule has 30 heavy (non-hydrogen) atoms. The number of rotatable bonds is 7. The van der Waals surface area contributed by atoms with Gasteiger partial charge in [-0.3, -0.25) is 9.78 Å². The number of cyclic esters (lactones) is 1. The molecule has 2 unspecified atom stereocenters. The number of hydrogen-bond acceptors (Lipinski definition) is 5. The van der Waals surface area contributed by atoms with E-state index in [4.69, 9.17) is 14.2 Å². The van der Waals surface area contributed by atoms with Gasteiger partial charge in [0.15, 0.2) is 11.5 Å². The number of carbonyl (C=O) groups excluding carboxylic acids is 1. The fraction of sp³-hybridized carbons (Fsp3) is 0.280. The molecule has 2 atom stereocenters. The van der Waals surface area contributed by atoms with Crippen molar-refractivity contribution in [2.24, 2.45) is 11.8 Å². The van der Waals surface area contributed by atoms with Crippen LogP contribution in [0.4, 0.5) is 0 Å². The van der Waals surface area contributed by atoms with Gasteiger partial charge in [-0.05, 0) is 59.4 Å². The average Bonchev–Trinajstić information content (AvgIpc) is 3.13. The van der Waals surface area contributed by atoms with Crippen LogP contribution in [0.5, 0.6) is 11.5 Å². The molecular formula is C25H25NO4. The number of nitrogens with zero attached hydrogens (tertiary/aromatic N) is 1.